The minimum Gasteiger partial charge on any atom is -0.396 e. The number of aromatic nitrogens is 2. The van der Waals surface area contributed by atoms with E-state index in [1.807, 2.05) is 49.5 Å². The van der Waals surface area contributed by atoms with E-state index >= 15 is 0 Å². The number of pyridine rings is 2. The van der Waals surface area contributed by atoms with Crippen molar-refractivity contribution in [2.75, 3.05) is 29.9 Å². The number of aliphatic hydroxyl groups is 1. The van der Waals surface area contributed by atoms with Crippen molar-refractivity contribution in [3.63, 3.8) is 0 Å². The van der Waals surface area contributed by atoms with Gasteiger partial charge in [-0.1, -0.05) is 29.8 Å². The Morgan fingerprint density at radius 2 is 1.97 bits per heavy atom. The average Bonchev–Trinajstić information content (AvgIpc) is 2.83. The molecule has 164 valence electrons. The number of piperidine rings is 1. The van der Waals surface area contributed by atoms with Gasteiger partial charge in [0.05, 0.1) is 0 Å². The molecule has 0 unspecified atom stereocenters. The van der Waals surface area contributed by atoms with Gasteiger partial charge in [0.2, 0.25) is 5.91 Å². The molecular formula is C26H28N4O2. The second kappa shape index (κ2) is 10.2. The van der Waals surface area contributed by atoms with E-state index in [0.717, 1.165) is 54.0 Å². The number of anilines is 2. The van der Waals surface area contributed by atoms with Gasteiger partial charge in [-0.2, -0.15) is 0 Å². The van der Waals surface area contributed by atoms with Crippen LogP contribution in [0.15, 0.2) is 67.0 Å². The fourth-order valence-electron chi connectivity index (χ4n) is 3.87. The molecule has 0 atom stereocenters. The van der Waals surface area contributed by atoms with Crippen molar-refractivity contribution < 1.29 is 9.90 Å². The lowest BCUT2D eigenvalue weighted by Gasteiger charge is -2.32. The number of carbonyl (C=O) groups excluding carboxylic acids is 1. The Hall–Kier alpha value is -3.51. The zero-order valence-corrected chi connectivity index (χ0v) is 18.2. The third-order valence-electron chi connectivity index (χ3n) is 5.76. The number of nitrogens with one attached hydrogen (secondary N) is 1. The van der Waals surface area contributed by atoms with E-state index in [-0.39, 0.29) is 12.5 Å². The van der Waals surface area contributed by atoms with Crippen molar-refractivity contribution in [2.45, 2.75) is 19.8 Å². The molecule has 1 aliphatic heterocycles. The van der Waals surface area contributed by atoms with Crippen molar-refractivity contribution in [1.29, 1.82) is 0 Å². The molecule has 0 saturated carbocycles. The van der Waals surface area contributed by atoms with Crippen molar-refractivity contribution >= 4 is 23.6 Å². The summed E-state index contributed by atoms with van der Waals surface area (Å²) in [5.74, 6) is 1.63. The number of carbonyl (C=O) groups is 1. The molecule has 4 rings (SSSR count). The molecular weight excluding hydrogens is 400 g/mol. The molecule has 3 aromatic rings. The summed E-state index contributed by atoms with van der Waals surface area (Å²) in [5.41, 5.74) is 4.13. The lowest BCUT2D eigenvalue weighted by atomic mass is 9.98. The number of benzene rings is 1. The van der Waals surface area contributed by atoms with Gasteiger partial charge in [0.25, 0.3) is 0 Å². The van der Waals surface area contributed by atoms with Gasteiger partial charge in [0.1, 0.15) is 11.6 Å². The summed E-state index contributed by atoms with van der Waals surface area (Å²) in [7, 11) is 0. The van der Waals surface area contributed by atoms with Gasteiger partial charge in [-0.3, -0.25) is 4.79 Å². The normalized spacial score (nSPS) is 14.6. The molecule has 0 aliphatic carbocycles. The zero-order valence-electron chi connectivity index (χ0n) is 18.2. The Morgan fingerprint density at radius 1 is 1.12 bits per heavy atom. The van der Waals surface area contributed by atoms with Gasteiger partial charge >= 0.3 is 0 Å². The van der Waals surface area contributed by atoms with E-state index in [9.17, 15) is 9.90 Å². The first-order valence-corrected chi connectivity index (χ1v) is 10.9. The molecule has 0 bridgehead atoms. The van der Waals surface area contributed by atoms with Crippen LogP contribution >= 0.6 is 0 Å². The molecule has 1 amide bonds. The fourth-order valence-corrected chi connectivity index (χ4v) is 3.87. The van der Waals surface area contributed by atoms with Gasteiger partial charge in [-0.05, 0) is 67.2 Å². The quantitative estimate of drug-likeness (QED) is 0.572. The number of aliphatic hydroxyl groups excluding tert-OH is 1. The predicted molar refractivity (Wildman–Crippen MR) is 128 cm³/mol. The molecule has 0 radical (unpaired) electrons. The highest BCUT2D eigenvalue weighted by Gasteiger charge is 2.19. The molecule has 6 heteroatoms. The molecule has 1 aromatic carbocycles. The van der Waals surface area contributed by atoms with Crippen molar-refractivity contribution in [3.05, 3.63) is 78.1 Å². The van der Waals surface area contributed by atoms with E-state index in [2.05, 4.69) is 26.3 Å². The van der Waals surface area contributed by atoms with Crippen LogP contribution in [-0.2, 0) is 4.79 Å². The molecule has 1 aliphatic rings. The number of rotatable bonds is 6. The molecule has 1 fully saturated rings. The van der Waals surface area contributed by atoms with Crippen LogP contribution in [0.1, 0.15) is 24.0 Å². The topological polar surface area (TPSA) is 78.4 Å². The van der Waals surface area contributed by atoms with Gasteiger partial charge in [-0.25, -0.2) is 9.97 Å². The smallest absolute Gasteiger partial charge is 0.249 e. The SMILES string of the molecule is Cc1cccc(/C=C/C(=O)Nc2ccc(-c3ccnc(N4CCC(CO)CC4)c3)cn2)c1. The number of nitrogens with zero attached hydrogens (tertiary/aromatic N) is 3. The Bertz CT molecular complexity index is 1090. The monoisotopic (exact) mass is 428 g/mol. The lowest BCUT2D eigenvalue weighted by molar-refractivity contribution is -0.111. The average molecular weight is 429 g/mol. The van der Waals surface area contributed by atoms with E-state index in [1.165, 1.54) is 6.08 Å². The number of hydrogen-bond acceptors (Lipinski definition) is 5. The zero-order chi connectivity index (χ0) is 22.3. The highest BCUT2D eigenvalue weighted by Crippen LogP contribution is 2.26. The van der Waals surface area contributed by atoms with Crippen molar-refractivity contribution in [3.8, 4) is 11.1 Å². The summed E-state index contributed by atoms with van der Waals surface area (Å²) in [5, 5.41) is 12.1. The number of hydrogen-bond donors (Lipinski definition) is 2. The van der Waals surface area contributed by atoms with Crippen LogP contribution in [0, 0.1) is 12.8 Å². The van der Waals surface area contributed by atoms with Crippen LogP contribution in [0.2, 0.25) is 0 Å². The van der Waals surface area contributed by atoms with E-state index < -0.39 is 0 Å². The lowest BCUT2D eigenvalue weighted by Crippen LogP contribution is -2.35. The Kier molecular flexibility index (Phi) is 6.92. The van der Waals surface area contributed by atoms with Gasteiger partial charge in [0, 0.05) is 43.7 Å². The maximum Gasteiger partial charge on any atom is 0.249 e. The number of aryl methyl sites for hydroxylation is 1. The summed E-state index contributed by atoms with van der Waals surface area (Å²) in [6.45, 7) is 4.09. The largest absolute Gasteiger partial charge is 0.396 e. The third-order valence-corrected chi connectivity index (χ3v) is 5.76. The molecule has 2 aromatic heterocycles. The Labute approximate surface area is 188 Å². The van der Waals surface area contributed by atoms with Gasteiger partial charge in [0.15, 0.2) is 0 Å². The maximum atomic E-state index is 12.2. The van der Waals surface area contributed by atoms with Crippen LogP contribution < -0.4 is 10.2 Å². The molecule has 6 nitrogen and oxygen atoms in total. The Morgan fingerprint density at radius 3 is 2.69 bits per heavy atom. The summed E-state index contributed by atoms with van der Waals surface area (Å²) in [6.07, 6.45) is 8.84. The Balaban J connectivity index is 1.39. The first-order valence-electron chi connectivity index (χ1n) is 10.9. The van der Waals surface area contributed by atoms with Crippen LogP contribution in [-0.4, -0.2) is 40.7 Å². The highest BCUT2D eigenvalue weighted by atomic mass is 16.3. The molecule has 2 N–H and O–H groups in total. The predicted octanol–water partition coefficient (Wildman–Crippen LogP) is 4.31. The fraction of sp³-hybridized carbons (Fsp3) is 0.269. The summed E-state index contributed by atoms with van der Waals surface area (Å²) >= 11 is 0. The highest BCUT2D eigenvalue weighted by molar-refractivity contribution is 6.01. The summed E-state index contributed by atoms with van der Waals surface area (Å²) in [4.78, 5) is 23.4. The van der Waals surface area contributed by atoms with Gasteiger partial charge in [-0.15, -0.1) is 0 Å². The first-order chi connectivity index (χ1) is 15.6. The second-order valence-electron chi connectivity index (χ2n) is 8.18. The maximum absolute atomic E-state index is 12.2. The minimum atomic E-state index is -0.218. The van der Waals surface area contributed by atoms with Crippen LogP contribution in [0.5, 0.6) is 0 Å². The van der Waals surface area contributed by atoms with E-state index in [4.69, 9.17) is 0 Å². The summed E-state index contributed by atoms with van der Waals surface area (Å²) in [6, 6.07) is 15.8. The summed E-state index contributed by atoms with van der Waals surface area (Å²) < 4.78 is 0. The van der Waals surface area contributed by atoms with Crippen LogP contribution in [0.3, 0.4) is 0 Å². The van der Waals surface area contributed by atoms with Crippen molar-refractivity contribution in [2.24, 2.45) is 5.92 Å². The standard InChI is InChI=1S/C26H28N4O2/c1-19-3-2-4-20(15-19)5-8-26(32)29-24-7-6-23(17-28-24)22-9-12-27-25(16-22)30-13-10-21(18-31)11-14-30/h2-9,12,15-17,21,31H,10-11,13-14,18H2,1H3,(H,28,29,32)/b8-5+. The first kappa shape index (κ1) is 21.7. The molecule has 1 saturated heterocycles. The second-order valence-corrected chi connectivity index (χ2v) is 8.18. The number of amides is 1. The minimum absolute atomic E-state index is 0.218. The molecule has 32 heavy (non-hydrogen) atoms. The van der Waals surface area contributed by atoms with E-state index in [1.54, 1.807) is 18.3 Å². The van der Waals surface area contributed by atoms with Crippen molar-refractivity contribution in [1.82, 2.24) is 9.97 Å². The van der Waals surface area contributed by atoms with Crippen LogP contribution in [0.4, 0.5) is 11.6 Å². The molecule has 3 heterocycles. The van der Waals surface area contributed by atoms with Crippen LogP contribution in [0.25, 0.3) is 17.2 Å². The van der Waals surface area contributed by atoms with Gasteiger partial charge < -0.3 is 15.3 Å². The third kappa shape index (κ3) is 5.59. The molecule has 0 spiro atoms. The van der Waals surface area contributed by atoms with E-state index in [0.29, 0.717) is 11.7 Å².